The van der Waals surface area contributed by atoms with Crippen LogP contribution in [0.3, 0.4) is 0 Å². The number of aromatic carboxylic acids is 1. The van der Waals surface area contributed by atoms with E-state index < -0.39 is 11.4 Å². The maximum atomic E-state index is 12.5. The fraction of sp³-hybridized carbons (Fsp3) is 0.100. The molecule has 2 aromatic carbocycles. The number of nitrogens with zero attached hydrogens (tertiary/aromatic N) is 1. The van der Waals surface area contributed by atoms with Crippen molar-refractivity contribution >= 4 is 5.97 Å². The van der Waals surface area contributed by atoms with Gasteiger partial charge in [0.1, 0.15) is 5.56 Å². The van der Waals surface area contributed by atoms with Crippen LogP contribution < -0.4 is 35.0 Å². The van der Waals surface area contributed by atoms with Gasteiger partial charge in [0.2, 0.25) is 0 Å². The molecule has 25 heavy (non-hydrogen) atoms. The van der Waals surface area contributed by atoms with E-state index in [0.29, 0.717) is 17.0 Å². The van der Waals surface area contributed by atoms with Crippen LogP contribution in [0.5, 0.6) is 0 Å². The van der Waals surface area contributed by atoms with Gasteiger partial charge in [-0.25, -0.2) is 4.79 Å². The first kappa shape index (κ1) is 19.2. The molecule has 4 nitrogen and oxygen atoms in total. The molecule has 0 bridgehead atoms. The van der Waals surface area contributed by atoms with Crippen LogP contribution in [0.1, 0.15) is 17.3 Å². The van der Waals surface area contributed by atoms with Crippen LogP contribution in [0.25, 0.3) is 22.5 Å². The zero-order valence-electron chi connectivity index (χ0n) is 15.5. The maximum absolute atomic E-state index is 12.5. The third kappa shape index (κ3) is 3.76. The van der Waals surface area contributed by atoms with Crippen molar-refractivity contribution in [2.75, 3.05) is 0 Å². The van der Waals surface area contributed by atoms with Crippen molar-refractivity contribution < 1.29 is 40.9 Å². The minimum Gasteiger partial charge on any atom is -1.00 e. The van der Waals surface area contributed by atoms with Crippen LogP contribution in [0, 0.1) is 6.92 Å². The minimum atomic E-state index is -1.22. The molecule has 1 N–H and O–H groups in total. The van der Waals surface area contributed by atoms with Crippen molar-refractivity contribution in [2.24, 2.45) is 7.05 Å². The average molecular weight is 343 g/mol. The van der Waals surface area contributed by atoms with Crippen LogP contribution >= 0.6 is 0 Å². The predicted octanol–water partition coefficient (Wildman–Crippen LogP) is 0.842. The minimum absolute atomic E-state index is 0. The Hall–Kier alpha value is -2.14. The zero-order valence-corrected chi connectivity index (χ0v) is 16.5. The number of carboxylic acid groups (broad SMARTS) is 1. The molecule has 1 aromatic heterocycles. The summed E-state index contributed by atoms with van der Waals surface area (Å²) in [5.41, 5.74) is 3.08. The molecule has 1 heterocycles. The Balaban J connectivity index is 0.00000169. The number of carbonyl (C=O) groups is 1. The topological polar surface area (TPSA) is 59.3 Å². The second kappa shape index (κ2) is 7.83. The Morgan fingerprint density at radius 3 is 2.16 bits per heavy atom. The van der Waals surface area contributed by atoms with Gasteiger partial charge in [-0.05, 0) is 18.1 Å². The Morgan fingerprint density at radius 1 is 1.00 bits per heavy atom. The third-order valence-electron chi connectivity index (χ3n) is 4.06. The fourth-order valence-electron chi connectivity index (χ4n) is 2.84. The van der Waals surface area contributed by atoms with Gasteiger partial charge >= 0.3 is 35.5 Å². The standard InChI is InChI=1S/C20H17NO3.Na.H/c1-13-8-10-14(11-9-13)16-12-17(22)18(20(23)24)19(21(16)2)15-6-4-3-5-7-15;;/h3-12H,1-2H3,(H,23,24);;/q;+1;-1. The first-order valence-corrected chi connectivity index (χ1v) is 7.59. The molecule has 0 aliphatic carbocycles. The van der Waals surface area contributed by atoms with E-state index in [2.05, 4.69) is 0 Å². The van der Waals surface area contributed by atoms with Crippen LogP contribution in [0.4, 0.5) is 0 Å². The predicted molar refractivity (Wildman–Crippen MR) is 95.4 cm³/mol. The number of hydrogen-bond acceptors (Lipinski definition) is 2. The van der Waals surface area contributed by atoms with Gasteiger partial charge < -0.3 is 11.1 Å². The Morgan fingerprint density at radius 2 is 1.60 bits per heavy atom. The fourth-order valence-corrected chi connectivity index (χ4v) is 2.84. The maximum Gasteiger partial charge on any atom is 1.00 e. The number of rotatable bonds is 3. The molecule has 0 spiro atoms. The number of carboxylic acids is 1. The van der Waals surface area contributed by atoms with Crippen molar-refractivity contribution in [3.63, 3.8) is 0 Å². The van der Waals surface area contributed by atoms with Gasteiger partial charge in [-0.2, -0.15) is 0 Å². The first-order valence-electron chi connectivity index (χ1n) is 7.59. The van der Waals surface area contributed by atoms with E-state index in [4.69, 9.17) is 0 Å². The molecule has 0 atom stereocenters. The van der Waals surface area contributed by atoms with Gasteiger partial charge in [0, 0.05) is 13.1 Å². The number of hydrogen-bond donors (Lipinski definition) is 1. The van der Waals surface area contributed by atoms with E-state index in [1.54, 1.807) is 23.7 Å². The van der Waals surface area contributed by atoms with E-state index in [0.717, 1.165) is 11.1 Å². The average Bonchev–Trinajstić information content (AvgIpc) is 2.57. The largest absolute Gasteiger partial charge is 1.00 e. The number of benzene rings is 2. The number of aromatic nitrogens is 1. The molecule has 0 aliphatic rings. The Labute approximate surface area is 169 Å². The van der Waals surface area contributed by atoms with E-state index in [9.17, 15) is 14.7 Å². The molecule has 0 aliphatic heterocycles. The summed E-state index contributed by atoms with van der Waals surface area (Å²) in [6.45, 7) is 1.99. The molecule has 3 aromatic rings. The molecule has 0 radical (unpaired) electrons. The van der Waals surface area contributed by atoms with Crippen LogP contribution in [0.2, 0.25) is 0 Å². The molecule has 0 saturated heterocycles. The van der Waals surface area contributed by atoms with Crippen molar-refractivity contribution in [1.82, 2.24) is 4.57 Å². The van der Waals surface area contributed by atoms with E-state index in [-0.39, 0.29) is 36.5 Å². The van der Waals surface area contributed by atoms with Gasteiger partial charge in [0.05, 0.1) is 11.4 Å². The van der Waals surface area contributed by atoms with Gasteiger partial charge in [-0.15, -0.1) is 0 Å². The first-order chi connectivity index (χ1) is 11.5. The summed E-state index contributed by atoms with van der Waals surface area (Å²) in [7, 11) is 1.78. The molecule has 3 rings (SSSR count). The summed E-state index contributed by atoms with van der Waals surface area (Å²) in [5.74, 6) is -1.22. The molecule has 122 valence electrons. The molecular formula is C20H18NNaO3. The summed E-state index contributed by atoms with van der Waals surface area (Å²) in [5, 5.41) is 9.52. The van der Waals surface area contributed by atoms with Crippen LogP contribution in [0.15, 0.2) is 65.5 Å². The second-order valence-corrected chi connectivity index (χ2v) is 5.71. The zero-order chi connectivity index (χ0) is 17.3. The quantitative estimate of drug-likeness (QED) is 0.717. The molecule has 0 saturated carbocycles. The smallest absolute Gasteiger partial charge is 1.00 e. The van der Waals surface area contributed by atoms with Crippen molar-refractivity contribution in [3.8, 4) is 22.5 Å². The summed E-state index contributed by atoms with van der Waals surface area (Å²) in [6.07, 6.45) is 0. The SMILES string of the molecule is Cc1ccc(-c2cc(=O)c(C(=O)O)c(-c3ccccc3)n2C)cc1.[H-].[Na+]. The second-order valence-electron chi connectivity index (χ2n) is 5.71. The van der Waals surface area contributed by atoms with Crippen molar-refractivity contribution in [1.29, 1.82) is 0 Å². The third-order valence-corrected chi connectivity index (χ3v) is 4.06. The van der Waals surface area contributed by atoms with Crippen molar-refractivity contribution in [3.05, 3.63) is 82.0 Å². The van der Waals surface area contributed by atoms with Gasteiger partial charge in [0.15, 0.2) is 5.43 Å². The van der Waals surface area contributed by atoms with Crippen LogP contribution in [-0.4, -0.2) is 15.6 Å². The van der Waals surface area contributed by atoms with E-state index >= 15 is 0 Å². The normalized spacial score (nSPS) is 10.2. The molecular weight excluding hydrogens is 325 g/mol. The number of pyridine rings is 1. The molecule has 5 heteroatoms. The van der Waals surface area contributed by atoms with E-state index in [1.807, 2.05) is 49.4 Å². The molecule has 0 unspecified atom stereocenters. The van der Waals surface area contributed by atoms with Gasteiger partial charge in [0.25, 0.3) is 0 Å². The Kier molecular flexibility index (Phi) is 6.01. The Bertz CT molecular complexity index is 967. The number of aryl methyl sites for hydroxylation is 1. The van der Waals surface area contributed by atoms with Crippen molar-refractivity contribution in [2.45, 2.75) is 6.92 Å². The van der Waals surface area contributed by atoms with Gasteiger partial charge in [-0.3, -0.25) is 4.79 Å². The van der Waals surface area contributed by atoms with Gasteiger partial charge in [-0.1, -0.05) is 60.2 Å². The van der Waals surface area contributed by atoms with Crippen LogP contribution in [-0.2, 0) is 7.05 Å². The molecule has 0 amide bonds. The molecule has 0 fully saturated rings. The summed E-state index contributed by atoms with van der Waals surface area (Å²) in [4.78, 5) is 24.1. The summed E-state index contributed by atoms with van der Waals surface area (Å²) < 4.78 is 1.77. The summed E-state index contributed by atoms with van der Waals surface area (Å²) >= 11 is 0. The van der Waals surface area contributed by atoms with E-state index in [1.165, 1.54) is 6.07 Å². The summed E-state index contributed by atoms with van der Waals surface area (Å²) in [6, 6.07) is 18.3. The monoisotopic (exact) mass is 343 g/mol.